The van der Waals surface area contributed by atoms with Gasteiger partial charge < -0.3 is 10.6 Å². The van der Waals surface area contributed by atoms with Crippen molar-refractivity contribution >= 4 is 46.4 Å². The molecule has 3 nitrogen and oxygen atoms in total. The van der Waals surface area contributed by atoms with Crippen LogP contribution in [-0.4, -0.2) is 18.5 Å². The van der Waals surface area contributed by atoms with Crippen LogP contribution in [0.2, 0.25) is 15.1 Å². The van der Waals surface area contributed by atoms with Crippen LogP contribution in [0.1, 0.15) is 25.7 Å². The monoisotopic (exact) mass is 320 g/mol. The van der Waals surface area contributed by atoms with E-state index in [1.165, 1.54) is 12.8 Å². The average Bonchev–Trinajstić information content (AvgIpc) is 2.84. The van der Waals surface area contributed by atoms with E-state index in [1.54, 1.807) is 12.1 Å². The fraction of sp³-hybridized carbons (Fsp3) is 0.462. The smallest absolute Gasteiger partial charge is 0.238 e. The van der Waals surface area contributed by atoms with Gasteiger partial charge in [0.1, 0.15) is 0 Å². The van der Waals surface area contributed by atoms with Crippen molar-refractivity contribution in [3.8, 4) is 0 Å². The zero-order chi connectivity index (χ0) is 13.8. The molecule has 104 valence electrons. The summed E-state index contributed by atoms with van der Waals surface area (Å²) in [7, 11) is 0. The second kappa shape index (κ2) is 6.80. The van der Waals surface area contributed by atoms with Crippen molar-refractivity contribution in [3.05, 3.63) is 27.2 Å². The second-order valence-corrected chi connectivity index (χ2v) is 5.91. The first kappa shape index (κ1) is 14.9. The zero-order valence-corrected chi connectivity index (χ0v) is 12.6. The summed E-state index contributed by atoms with van der Waals surface area (Å²) < 4.78 is 0. The van der Waals surface area contributed by atoms with Crippen molar-refractivity contribution < 1.29 is 4.79 Å². The number of benzene rings is 1. The van der Waals surface area contributed by atoms with Crippen molar-refractivity contribution in [2.75, 3.05) is 11.9 Å². The molecule has 1 amide bonds. The van der Waals surface area contributed by atoms with Gasteiger partial charge in [-0.15, -0.1) is 0 Å². The molecule has 1 aromatic rings. The van der Waals surface area contributed by atoms with Gasteiger partial charge in [-0.2, -0.15) is 0 Å². The summed E-state index contributed by atoms with van der Waals surface area (Å²) in [4.78, 5) is 11.8. The Labute approximate surface area is 127 Å². The Kier molecular flexibility index (Phi) is 5.34. The molecule has 0 saturated heterocycles. The molecule has 0 radical (unpaired) electrons. The molecule has 6 heteroatoms. The Balaban J connectivity index is 1.91. The zero-order valence-electron chi connectivity index (χ0n) is 10.3. The normalized spacial score (nSPS) is 15.7. The number of anilines is 1. The minimum absolute atomic E-state index is 0.155. The third kappa shape index (κ3) is 4.25. The molecule has 2 rings (SSSR count). The van der Waals surface area contributed by atoms with E-state index < -0.39 is 0 Å². The highest BCUT2D eigenvalue weighted by Gasteiger charge is 2.16. The number of nitrogens with one attached hydrogen (secondary N) is 2. The van der Waals surface area contributed by atoms with Crippen molar-refractivity contribution in [2.45, 2.75) is 31.7 Å². The molecule has 0 aliphatic heterocycles. The van der Waals surface area contributed by atoms with Crippen LogP contribution < -0.4 is 10.6 Å². The summed E-state index contributed by atoms with van der Waals surface area (Å²) in [5, 5.41) is 7.05. The standard InChI is InChI=1S/C13H15Cl3N2O/c14-8-5-10(15)13(11(16)6-8)18-12(19)7-17-9-3-1-2-4-9/h5-6,9,17H,1-4,7H2,(H,18,19). The molecule has 0 aromatic heterocycles. The molecule has 2 N–H and O–H groups in total. The van der Waals surface area contributed by atoms with Crippen LogP contribution in [0.4, 0.5) is 5.69 Å². The number of carbonyl (C=O) groups excluding carboxylic acids is 1. The Morgan fingerprint density at radius 1 is 1.16 bits per heavy atom. The van der Waals surface area contributed by atoms with Crippen molar-refractivity contribution in [2.24, 2.45) is 0 Å². The molecule has 0 heterocycles. The molecule has 1 fully saturated rings. The number of amides is 1. The van der Waals surface area contributed by atoms with Crippen LogP contribution in [-0.2, 0) is 4.79 Å². The molecule has 0 bridgehead atoms. The maximum Gasteiger partial charge on any atom is 0.238 e. The summed E-state index contributed by atoms with van der Waals surface area (Å²) >= 11 is 17.8. The molecule has 0 spiro atoms. The Morgan fingerprint density at radius 2 is 1.74 bits per heavy atom. The minimum atomic E-state index is -0.155. The van der Waals surface area contributed by atoms with Crippen LogP contribution in [0.5, 0.6) is 0 Å². The highest BCUT2D eigenvalue weighted by Crippen LogP contribution is 2.33. The molecule has 1 aliphatic carbocycles. The van der Waals surface area contributed by atoms with Gasteiger partial charge in [0.15, 0.2) is 0 Å². The average molecular weight is 322 g/mol. The molecule has 0 unspecified atom stereocenters. The molecule has 1 aliphatic rings. The predicted molar refractivity (Wildman–Crippen MR) is 80.4 cm³/mol. The van der Waals surface area contributed by atoms with E-state index in [1.807, 2.05) is 0 Å². The van der Waals surface area contributed by atoms with Crippen LogP contribution in [0.25, 0.3) is 0 Å². The van der Waals surface area contributed by atoms with E-state index in [0.29, 0.717) is 26.8 Å². The lowest BCUT2D eigenvalue weighted by atomic mass is 10.2. The van der Waals surface area contributed by atoms with E-state index >= 15 is 0 Å². The third-order valence-electron chi connectivity index (χ3n) is 3.18. The van der Waals surface area contributed by atoms with Crippen molar-refractivity contribution in [1.82, 2.24) is 5.32 Å². The molecule has 1 saturated carbocycles. The number of rotatable bonds is 4. The summed E-state index contributed by atoms with van der Waals surface area (Å²) in [5.41, 5.74) is 0.408. The van der Waals surface area contributed by atoms with Crippen LogP contribution in [0.15, 0.2) is 12.1 Å². The van der Waals surface area contributed by atoms with Gasteiger partial charge in [-0.05, 0) is 25.0 Å². The van der Waals surface area contributed by atoms with E-state index in [0.717, 1.165) is 12.8 Å². The number of hydrogen-bond acceptors (Lipinski definition) is 2. The Hall–Kier alpha value is -0.480. The van der Waals surface area contributed by atoms with E-state index in [2.05, 4.69) is 10.6 Å². The fourth-order valence-electron chi connectivity index (χ4n) is 2.21. The highest BCUT2D eigenvalue weighted by molar-refractivity contribution is 6.42. The van der Waals surface area contributed by atoms with Gasteiger partial charge in [-0.25, -0.2) is 0 Å². The molecular weight excluding hydrogens is 307 g/mol. The predicted octanol–water partition coefficient (Wildman–Crippen LogP) is 4.12. The summed E-state index contributed by atoms with van der Waals surface area (Å²) in [6.45, 7) is 0.264. The molecule has 0 atom stereocenters. The lowest BCUT2D eigenvalue weighted by Gasteiger charge is -2.13. The van der Waals surface area contributed by atoms with Crippen LogP contribution in [0, 0.1) is 0 Å². The van der Waals surface area contributed by atoms with Gasteiger partial charge in [-0.1, -0.05) is 47.6 Å². The lowest BCUT2D eigenvalue weighted by molar-refractivity contribution is -0.115. The molecule has 19 heavy (non-hydrogen) atoms. The van der Waals surface area contributed by atoms with Gasteiger partial charge in [0.05, 0.1) is 22.3 Å². The van der Waals surface area contributed by atoms with E-state index in [4.69, 9.17) is 34.8 Å². The van der Waals surface area contributed by atoms with Gasteiger partial charge in [0.25, 0.3) is 0 Å². The van der Waals surface area contributed by atoms with Crippen LogP contribution in [0.3, 0.4) is 0 Å². The fourth-order valence-corrected chi connectivity index (χ4v) is 3.12. The SMILES string of the molecule is O=C(CNC1CCCC1)Nc1c(Cl)cc(Cl)cc1Cl. The first-order valence-corrected chi connectivity index (χ1v) is 7.37. The van der Waals surface area contributed by atoms with Crippen molar-refractivity contribution in [3.63, 3.8) is 0 Å². The van der Waals surface area contributed by atoms with Gasteiger partial charge in [-0.3, -0.25) is 4.79 Å². The number of halogens is 3. The quantitative estimate of drug-likeness (QED) is 0.876. The molecule has 1 aromatic carbocycles. The Bertz CT molecular complexity index is 450. The first-order chi connectivity index (χ1) is 9.06. The second-order valence-electron chi connectivity index (χ2n) is 4.65. The highest BCUT2D eigenvalue weighted by atomic mass is 35.5. The summed E-state index contributed by atoms with van der Waals surface area (Å²) in [6.07, 6.45) is 4.73. The summed E-state index contributed by atoms with van der Waals surface area (Å²) in [6, 6.07) is 3.55. The third-order valence-corrected chi connectivity index (χ3v) is 3.99. The minimum Gasteiger partial charge on any atom is -0.322 e. The van der Waals surface area contributed by atoms with E-state index in [-0.39, 0.29) is 12.5 Å². The lowest BCUT2D eigenvalue weighted by Crippen LogP contribution is -2.34. The van der Waals surface area contributed by atoms with E-state index in [9.17, 15) is 4.79 Å². The number of hydrogen-bond donors (Lipinski definition) is 2. The maximum atomic E-state index is 11.8. The summed E-state index contributed by atoms with van der Waals surface area (Å²) in [5.74, 6) is -0.155. The maximum absolute atomic E-state index is 11.8. The van der Waals surface area contributed by atoms with Crippen molar-refractivity contribution in [1.29, 1.82) is 0 Å². The molecular formula is C13H15Cl3N2O. The Morgan fingerprint density at radius 3 is 2.32 bits per heavy atom. The number of carbonyl (C=O) groups is 1. The van der Waals surface area contributed by atoms with Gasteiger partial charge in [0.2, 0.25) is 5.91 Å². The van der Waals surface area contributed by atoms with Gasteiger partial charge in [0, 0.05) is 11.1 Å². The van der Waals surface area contributed by atoms with Gasteiger partial charge >= 0.3 is 0 Å². The largest absolute Gasteiger partial charge is 0.322 e. The topological polar surface area (TPSA) is 41.1 Å². The first-order valence-electron chi connectivity index (χ1n) is 6.24. The van der Waals surface area contributed by atoms with Crippen LogP contribution >= 0.6 is 34.8 Å².